The highest BCUT2D eigenvalue weighted by Gasteiger charge is 2.14. The third kappa shape index (κ3) is 6.32. The van der Waals surface area contributed by atoms with Gasteiger partial charge in [-0.05, 0) is 72.4 Å². The predicted molar refractivity (Wildman–Crippen MR) is 129 cm³/mol. The highest BCUT2D eigenvalue weighted by Crippen LogP contribution is 2.29. The van der Waals surface area contributed by atoms with Crippen molar-refractivity contribution in [3.63, 3.8) is 0 Å². The zero-order valence-corrected chi connectivity index (χ0v) is 18.9. The van der Waals surface area contributed by atoms with Gasteiger partial charge in [-0.15, -0.1) is 0 Å². The fourth-order valence-corrected chi connectivity index (χ4v) is 3.66. The molecule has 0 radical (unpaired) electrons. The molecule has 0 aliphatic heterocycles. The zero-order valence-electron chi connectivity index (χ0n) is 18.9. The van der Waals surface area contributed by atoms with Crippen molar-refractivity contribution >= 4 is 0 Å². The molecule has 0 saturated heterocycles. The summed E-state index contributed by atoms with van der Waals surface area (Å²) in [4.78, 5) is 0. The molecule has 0 aromatic heterocycles. The van der Waals surface area contributed by atoms with Crippen LogP contribution in [0, 0.1) is 46.6 Å². The first-order valence-corrected chi connectivity index (χ1v) is 11.2. The van der Waals surface area contributed by atoms with Gasteiger partial charge in [0.05, 0.1) is 5.56 Å². The molecule has 0 aliphatic carbocycles. The van der Waals surface area contributed by atoms with Crippen LogP contribution in [0.2, 0.25) is 0 Å². The molecular weight excluding hydrogens is 412 g/mol. The van der Waals surface area contributed by atoms with Crippen LogP contribution in [0.5, 0.6) is 0 Å². The fourth-order valence-electron chi connectivity index (χ4n) is 3.66. The Labute approximate surface area is 195 Å². The normalized spacial score (nSPS) is 9.91. The summed E-state index contributed by atoms with van der Waals surface area (Å²) in [5.74, 6) is 9.56. The second-order valence-electron chi connectivity index (χ2n) is 7.81. The van der Waals surface area contributed by atoms with Crippen LogP contribution < -0.4 is 0 Å². The summed E-state index contributed by atoms with van der Waals surface area (Å²) in [6, 6.07) is 17.5. The molecule has 0 saturated carbocycles. The molecule has 3 rings (SSSR count). The minimum Gasteiger partial charge on any atom is -0.206 e. The summed E-state index contributed by atoms with van der Waals surface area (Å²) in [6.45, 7) is 4.19. The van der Waals surface area contributed by atoms with Gasteiger partial charge in [0, 0.05) is 22.6 Å². The molecule has 164 valence electrons. The second-order valence-corrected chi connectivity index (χ2v) is 7.81. The van der Waals surface area contributed by atoms with Crippen molar-refractivity contribution in [3.05, 3.63) is 94.0 Å². The molecule has 3 heteroatoms. The summed E-state index contributed by atoms with van der Waals surface area (Å²) in [5, 5.41) is 8.53. The first-order chi connectivity index (χ1) is 16.0. The third-order valence-corrected chi connectivity index (χ3v) is 5.44. The molecule has 0 fully saturated rings. The Morgan fingerprint density at radius 3 is 2.15 bits per heavy atom. The maximum Gasteiger partial charge on any atom is 0.152 e. The number of rotatable bonds is 6. The molecule has 0 bridgehead atoms. The maximum absolute atomic E-state index is 14.6. The minimum atomic E-state index is -0.711. The predicted octanol–water partition coefficient (Wildman–Crippen LogP) is 7.20. The number of unbranched alkanes of at least 4 members (excludes halogenated alkanes) is 2. The monoisotopic (exact) mass is 437 g/mol. The summed E-state index contributed by atoms with van der Waals surface area (Å²) >= 11 is 0. The number of hydrogen-bond acceptors (Lipinski definition) is 1. The van der Waals surface area contributed by atoms with Crippen LogP contribution in [-0.2, 0) is 12.8 Å². The SMILES string of the molecule is CCCCCc1ccc(C#Cc2ccc(-c3c(F)cc(C#CC#N)cc3F)cc2CC)cc1. The van der Waals surface area contributed by atoms with Crippen LogP contribution in [0.3, 0.4) is 0 Å². The third-order valence-electron chi connectivity index (χ3n) is 5.44. The topological polar surface area (TPSA) is 23.8 Å². The van der Waals surface area contributed by atoms with E-state index in [1.54, 1.807) is 18.2 Å². The number of nitriles is 1. The van der Waals surface area contributed by atoms with Gasteiger partial charge in [-0.3, -0.25) is 0 Å². The van der Waals surface area contributed by atoms with E-state index in [9.17, 15) is 8.78 Å². The highest BCUT2D eigenvalue weighted by atomic mass is 19.1. The summed E-state index contributed by atoms with van der Waals surface area (Å²) in [5.41, 5.74) is 4.49. The van der Waals surface area contributed by atoms with Crippen molar-refractivity contribution in [2.24, 2.45) is 0 Å². The molecule has 0 aliphatic rings. The highest BCUT2D eigenvalue weighted by molar-refractivity contribution is 5.68. The van der Waals surface area contributed by atoms with Gasteiger partial charge < -0.3 is 0 Å². The van der Waals surface area contributed by atoms with E-state index in [0.29, 0.717) is 12.0 Å². The summed E-state index contributed by atoms with van der Waals surface area (Å²) in [7, 11) is 0. The van der Waals surface area contributed by atoms with Crippen LogP contribution in [-0.4, -0.2) is 0 Å². The van der Waals surface area contributed by atoms with Gasteiger partial charge in [0.15, 0.2) is 6.07 Å². The lowest BCUT2D eigenvalue weighted by atomic mass is 9.96. The van der Waals surface area contributed by atoms with Crippen LogP contribution in [0.15, 0.2) is 54.6 Å². The summed E-state index contributed by atoms with van der Waals surface area (Å²) in [6.07, 6.45) is 5.42. The van der Waals surface area contributed by atoms with E-state index >= 15 is 0 Å². The van der Waals surface area contributed by atoms with E-state index < -0.39 is 11.6 Å². The lowest BCUT2D eigenvalue weighted by Gasteiger charge is -2.09. The number of aryl methyl sites for hydroxylation is 2. The van der Waals surface area contributed by atoms with Crippen molar-refractivity contribution in [3.8, 4) is 40.9 Å². The Kier molecular flexibility index (Phi) is 8.41. The Morgan fingerprint density at radius 2 is 1.52 bits per heavy atom. The Hall–Kier alpha value is -3.87. The van der Waals surface area contributed by atoms with E-state index in [0.717, 1.165) is 35.2 Å². The van der Waals surface area contributed by atoms with E-state index in [2.05, 4.69) is 42.7 Å². The van der Waals surface area contributed by atoms with Gasteiger partial charge in [0.2, 0.25) is 0 Å². The second kappa shape index (κ2) is 11.7. The van der Waals surface area contributed by atoms with Gasteiger partial charge in [0.1, 0.15) is 11.6 Å². The first kappa shape index (κ1) is 23.8. The lowest BCUT2D eigenvalue weighted by Crippen LogP contribution is -1.95. The van der Waals surface area contributed by atoms with E-state index in [1.165, 1.54) is 24.8 Å². The number of benzene rings is 3. The van der Waals surface area contributed by atoms with Crippen LogP contribution in [0.4, 0.5) is 8.78 Å². The molecule has 0 atom stereocenters. The maximum atomic E-state index is 14.6. The van der Waals surface area contributed by atoms with Gasteiger partial charge in [-0.25, -0.2) is 8.78 Å². The Morgan fingerprint density at radius 1 is 0.788 bits per heavy atom. The fraction of sp³-hybridized carbons (Fsp3) is 0.233. The van der Waals surface area contributed by atoms with Crippen LogP contribution in [0.1, 0.15) is 60.9 Å². The number of halogens is 2. The van der Waals surface area contributed by atoms with Crippen molar-refractivity contribution in [1.82, 2.24) is 0 Å². The molecular formula is C30H25F2N. The van der Waals surface area contributed by atoms with Gasteiger partial charge in [-0.2, -0.15) is 5.26 Å². The largest absolute Gasteiger partial charge is 0.206 e. The number of nitrogens with zero attached hydrogens (tertiary/aromatic N) is 1. The van der Waals surface area contributed by atoms with Gasteiger partial charge >= 0.3 is 0 Å². The molecule has 0 unspecified atom stereocenters. The molecule has 1 nitrogen and oxygen atoms in total. The van der Waals surface area contributed by atoms with Crippen LogP contribution in [0.25, 0.3) is 11.1 Å². The molecule has 0 spiro atoms. The molecule has 0 N–H and O–H groups in total. The van der Waals surface area contributed by atoms with E-state index in [1.807, 2.05) is 25.1 Å². The molecule has 3 aromatic carbocycles. The van der Waals surface area contributed by atoms with Gasteiger partial charge in [0.25, 0.3) is 0 Å². The quantitative estimate of drug-likeness (QED) is 0.295. The van der Waals surface area contributed by atoms with E-state index in [4.69, 9.17) is 5.26 Å². The standard InChI is InChI=1S/C30H25F2N/c1-3-5-6-8-22-10-12-23(13-11-22)14-15-26-16-17-27(21-25(26)4-2)30-28(31)19-24(9-7-18-33)20-29(30)32/h10-13,16-17,19-21H,3-6,8H2,1-2H3. The van der Waals surface area contributed by atoms with E-state index in [-0.39, 0.29) is 11.1 Å². The Balaban J connectivity index is 1.85. The van der Waals surface area contributed by atoms with Crippen molar-refractivity contribution in [1.29, 1.82) is 5.26 Å². The molecule has 0 amide bonds. The van der Waals surface area contributed by atoms with Crippen LogP contribution >= 0.6 is 0 Å². The Bertz CT molecular complexity index is 1270. The first-order valence-electron chi connectivity index (χ1n) is 11.2. The lowest BCUT2D eigenvalue weighted by molar-refractivity contribution is 0.589. The van der Waals surface area contributed by atoms with Crippen molar-refractivity contribution in [2.75, 3.05) is 0 Å². The van der Waals surface area contributed by atoms with Gasteiger partial charge in [-0.1, -0.05) is 62.6 Å². The average Bonchev–Trinajstić information content (AvgIpc) is 2.82. The molecule has 0 heterocycles. The molecule has 33 heavy (non-hydrogen) atoms. The summed E-state index contributed by atoms with van der Waals surface area (Å²) < 4.78 is 29.3. The zero-order chi connectivity index (χ0) is 23.6. The number of hydrogen-bond donors (Lipinski definition) is 0. The van der Waals surface area contributed by atoms with Crippen molar-refractivity contribution < 1.29 is 8.78 Å². The van der Waals surface area contributed by atoms with Crippen molar-refractivity contribution in [2.45, 2.75) is 46.0 Å². The smallest absolute Gasteiger partial charge is 0.152 e. The molecule has 3 aromatic rings. The average molecular weight is 438 g/mol. The minimum absolute atomic E-state index is 0.106.